The van der Waals surface area contributed by atoms with Crippen LogP contribution in [0.4, 0.5) is 10.7 Å². The van der Waals surface area contributed by atoms with Crippen LogP contribution in [0.3, 0.4) is 0 Å². The van der Waals surface area contributed by atoms with E-state index in [1.54, 1.807) is 0 Å². The van der Waals surface area contributed by atoms with Crippen molar-refractivity contribution in [2.45, 2.75) is 16.8 Å². The van der Waals surface area contributed by atoms with E-state index < -0.39 is 41.8 Å². The molecule has 2 N–H and O–H groups in total. The second-order valence-electron chi connectivity index (χ2n) is 5.07. The van der Waals surface area contributed by atoms with Gasteiger partial charge < -0.3 is 15.2 Å². The van der Waals surface area contributed by atoms with Crippen LogP contribution in [-0.2, 0) is 19.9 Å². The quantitative estimate of drug-likeness (QED) is 0.626. The van der Waals surface area contributed by atoms with Gasteiger partial charge in [0.1, 0.15) is 4.90 Å². The minimum atomic E-state index is -4.89. The molecule has 0 aromatic carbocycles. The van der Waals surface area contributed by atoms with Gasteiger partial charge in [-0.3, -0.25) is 0 Å². The molecular formula is C14H17N5O7S2. The van der Waals surface area contributed by atoms with Gasteiger partial charge in [-0.2, -0.15) is 18.4 Å². The molecule has 28 heavy (non-hydrogen) atoms. The molecule has 0 unspecified atom stereocenters. The van der Waals surface area contributed by atoms with Crippen LogP contribution < -0.4 is 19.5 Å². The maximum absolute atomic E-state index is 13.1. The Hall–Kier alpha value is -3.00. The van der Waals surface area contributed by atoms with E-state index in [0.717, 1.165) is 12.3 Å². The highest BCUT2D eigenvalue weighted by Gasteiger charge is 2.37. The predicted molar refractivity (Wildman–Crippen MR) is 96.3 cm³/mol. The van der Waals surface area contributed by atoms with Gasteiger partial charge in [0.05, 0.1) is 26.0 Å². The largest absolute Gasteiger partial charge is 0.481 e. The lowest BCUT2D eigenvalue weighted by atomic mass is 10.5. The molecule has 2 amide bonds. The molecule has 12 nitrogen and oxygen atoms in total. The van der Waals surface area contributed by atoms with E-state index in [0.29, 0.717) is 0 Å². The summed E-state index contributed by atoms with van der Waals surface area (Å²) in [4.78, 5) is 22.6. The van der Waals surface area contributed by atoms with Crippen LogP contribution in [0, 0.1) is 0 Å². The number of carbonyl (C=O) groups is 1. The molecule has 152 valence electrons. The Balaban J connectivity index is 2.78. The summed E-state index contributed by atoms with van der Waals surface area (Å²) < 4.78 is 60.6. The minimum absolute atomic E-state index is 0.0229. The first-order chi connectivity index (χ1) is 13.1. The van der Waals surface area contributed by atoms with Crippen molar-refractivity contribution < 1.29 is 31.1 Å². The highest BCUT2D eigenvalue weighted by Crippen LogP contribution is 2.28. The lowest BCUT2D eigenvalue weighted by Crippen LogP contribution is -2.42. The summed E-state index contributed by atoms with van der Waals surface area (Å²) >= 11 is 0. The number of methoxy groups -OCH3 is 2. The molecule has 0 spiro atoms. The summed E-state index contributed by atoms with van der Waals surface area (Å²) in [5.41, 5.74) is 5.24. The predicted octanol–water partition coefficient (Wildman–Crippen LogP) is -0.0436. The third kappa shape index (κ3) is 3.96. The number of ether oxygens (including phenoxy) is 2. The summed E-state index contributed by atoms with van der Waals surface area (Å²) in [5.74, 6) is -1.33. The van der Waals surface area contributed by atoms with E-state index in [-0.39, 0.29) is 21.8 Å². The second-order valence-corrected chi connectivity index (χ2v) is 9.02. The number of anilines is 1. The van der Waals surface area contributed by atoms with E-state index in [1.807, 2.05) is 0 Å². The number of hydrogen-bond donors (Lipinski definition) is 1. The number of aromatic nitrogens is 3. The van der Waals surface area contributed by atoms with Crippen molar-refractivity contribution in [3.8, 4) is 11.8 Å². The molecule has 2 aromatic rings. The fraction of sp³-hybridized carbons (Fsp3) is 0.286. The molecular weight excluding hydrogens is 414 g/mol. The van der Waals surface area contributed by atoms with Gasteiger partial charge in [0.2, 0.25) is 11.8 Å². The van der Waals surface area contributed by atoms with E-state index in [9.17, 15) is 21.6 Å². The molecule has 0 aliphatic heterocycles. The zero-order valence-electron chi connectivity index (χ0n) is 15.1. The third-order valence-electron chi connectivity index (χ3n) is 3.40. The molecule has 0 fully saturated rings. The first kappa shape index (κ1) is 21.3. The Bertz CT molecular complexity index is 1080. The number of primary amides is 1. The van der Waals surface area contributed by atoms with Gasteiger partial charge in [-0.15, -0.1) is 4.31 Å². The average molecular weight is 431 g/mol. The summed E-state index contributed by atoms with van der Waals surface area (Å²) in [7, 11) is -6.39. The van der Waals surface area contributed by atoms with Crippen molar-refractivity contribution in [2.75, 3.05) is 24.3 Å². The van der Waals surface area contributed by atoms with E-state index in [2.05, 4.69) is 15.0 Å². The van der Waals surface area contributed by atoms with Crippen LogP contribution in [0.2, 0.25) is 0 Å². The molecule has 0 aliphatic rings. The van der Waals surface area contributed by atoms with Crippen LogP contribution in [0.5, 0.6) is 11.8 Å². The summed E-state index contributed by atoms with van der Waals surface area (Å²) in [6.45, 7) is 1.33. The number of pyridine rings is 1. The van der Waals surface area contributed by atoms with Crippen LogP contribution in [-0.4, -0.2) is 57.8 Å². The maximum atomic E-state index is 13.1. The first-order valence-electron chi connectivity index (χ1n) is 7.58. The summed E-state index contributed by atoms with van der Waals surface area (Å²) in [6, 6.07) is 2.07. The number of sulfone groups is 1. The monoisotopic (exact) mass is 431 g/mol. The number of hydrogen-bond acceptors (Lipinski definition) is 10. The van der Waals surface area contributed by atoms with Gasteiger partial charge in [0.25, 0.3) is 16.0 Å². The van der Waals surface area contributed by atoms with Crippen molar-refractivity contribution in [3.05, 3.63) is 24.4 Å². The van der Waals surface area contributed by atoms with Crippen molar-refractivity contribution in [1.29, 1.82) is 0 Å². The number of sulfonamides is 1. The van der Waals surface area contributed by atoms with Crippen LogP contribution in [0.1, 0.15) is 6.92 Å². The standard InChI is InChI=1S/C14H17N5O7S2/c1-4-27(21,22)9-6-5-7-16-12(9)28(23,24)19(13(15)20)14-17-10(25-2)8-11(18-14)26-3/h5-8H,4H2,1-3H3,(H2,15,20). The Morgan fingerprint density at radius 1 is 1.14 bits per heavy atom. The zero-order chi connectivity index (χ0) is 21.1. The zero-order valence-corrected chi connectivity index (χ0v) is 16.7. The number of rotatable bonds is 7. The number of amides is 2. The van der Waals surface area contributed by atoms with Gasteiger partial charge in [-0.1, -0.05) is 6.92 Å². The highest BCUT2D eigenvalue weighted by atomic mass is 32.2. The summed E-state index contributed by atoms with van der Waals surface area (Å²) in [6.07, 6.45) is 1.06. The Labute approximate surface area is 161 Å². The SMILES string of the molecule is CCS(=O)(=O)c1cccnc1S(=O)(=O)N(C(N)=O)c1nc(OC)cc(OC)n1. The number of urea groups is 1. The fourth-order valence-electron chi connectivity index (χ4n) is 2.07. The molecule has 0 atom stereocenters. The number of nitrogens with zero attached hydrogens (tertiary/aromatic N) is 4. The third-order valence-corrected chi connectivity index (χ3v) is 6.93. The van der Waals surface area contributed by atoms with Crippen LogP contribution in [0.25, 0.3) is 0 Å². The topological polar surface area (TPSA) is 172 Å². The minimum Gasteiger partial charge on any atom is -0.481 e. The molecule has 2 rings (SSSR count). The fourth-order valence-corrected chi connectivity index (χ4v) is 4.90. The number of nitrogens with two attached hydrogens (primary N) is 1. The number of carbonyl (C=O) groups excluding carboxylic acids is 1. The lowest BCUT2D eigenvalue weighted by Gasteiger charge is -2.19. The molecule has 2 aromatic heterocycles. The second kappa shape index (κ2) is 7.93. The Morgan fingerprint density at radius 2 is 1.71 bits per heavy atom. The molecule has 14 heteroatoms. The first-order valence-corrected chi connectivity index (χ1v) is 10.7. The van der Waals surface area contributed by atoms with Gasteiger partial charge in [0.15, 0.2) is 14.9 Å². The van der Waals surface area contributed by atoms with E-state index in [4.69, 9.17) is 15.2 Å². The van der Waals surface area contributed by atoms with E-state index in [1.165, 1.54) is 33.3 Å². The van der Waals surface area contributed by atoms with Crippen LogP contribution >= 0.6 is 0 Å². The molecule has 0 aliphatic carbocycles. The molecule has 0 saturated carbocycles. The lowest BCUT2D eigenvalue weighted by molar-refractivity contribution is 0.256. The normalized spacial score (nSPS) is 11.7. The van der Waals surface area contributed by atoms with Crippen LogP contribution in [0.15, 0.2) is 34.3 Å². The highest BCUT2D eigenvalue weighted by molar-refractivity contribution is 7.95. The van der Waals surface area contributed by atoms with Crippen molar-refractivity contribution in [1.82, 2.24) is 15.0 Å². The summed E-state index contributed by atoms with van der Waals surface area (Å²) in [5, 5.41) is -0.888. The van der Waals surface area contributed by atoms with Gasteiger partial charge >= 0.3 is 6.03 Å². The van der Waals surface area contributed by atoms with Crippen molar-refractivity contribution in [2.24, 2.45) is 5.73 Å². The smallest absolute Gasteiger partial charge is 0.336 e. The molecule has 2 heterocycles. The maximum Gasteiger partial charge on any atom is 0.336 e. The van der Waals surface area contributed by atoms with Gasteiger partial charge in [-0.05, 0) is 12.1 Å². The van der Waals surface area contributed by atoms with Gasteiger partial charge in [-0.25, -0.2) is 18.2 Å². The molecule has 0 saturated heterocycles. The molecule has 0 bridgehead atoms. The average Bonchev–Trinajstić information content (AvgIpc) is 2.67. The Morgan fingerprint density at radius 3 is 2.18 bits per heavy atom. The van der Waals surface area contributed by atoms with E-state index >= 15 is 0 Å². The van der Waals surface area contributed by atoms with Gasteiger partial charge in [0, 0.05) is 6.20 Å². The van der Waals surface area contributed by atoms with Crippen molar-refractivity contribution >= 4 is 31.8 Å². The Kier molecular flexibility index (Phi) is 6.04. The van der Waals surface area contributed by atoms with Crippen molar-refractivity contribution in [3.63, 3.8) is 0 Å². The molecule has 0 radical (unpaired) electrons.